The number of methoxy groups -OCH3 is 1. The van der Waals surface area contributed by atoms with E-state index in [2.05, 4.69) is 0 Å². The Hall–Kier alpha value is -3.00. The molecule has 0 saturated carbocycles. The van der Waals surface area contributed by atoms with Gasteiger partial charge in [0, 0.05) is 6.07 Å². The Labute approximate surface area is 135 Å². The molecule has 2 rings (SSSR count). The molecule has 0 aromatic heterocycles. The lowest BCUT2D eigenvalue weighted by molar-refractivity contribution is -0.136. The summed E-state index contributed by atoms with van der Waals surface area (Å²) in [5, 5.41) is 8.85. The number of benzene rings is 2. The Morgan fingerprint density at radius 2 is 1.87 bits per heavy atom. The van der Waals surface area contributed by atoms with Gasteiger partial charge in [-0.25, -0.2) is 4.79 Å². The molecule has 0 heterocycles. The van der Waals surface area contributed by atoms with Crippen LogP contribution < -0.4 is 14.2 Å². The van der Waals surface area contributed by atoms with Crippen molar-refractivity contribution in [2.45, 2.75) is 13.8 Å². The van der Waals surface area contributed by atoms with Gasteiger partial charge in [-0.05, 0) is 49.2 Å². The van der Waals surface area contributed by atoms with E-state index in [1.807, 2.05) is 32.0 Å². The van der Waals surface area contributed by atoms with Crippen LogP contribution in [0.4, 0.5) is 0 Å². The normalized spacial score (nSPS) is 9.83. The van der Waals surface area contributed by atoms with Crippen LogP contribution in [0.25, 0.3) is 0 Å². The van der Waals surface area contributed by atoms with Crippen molar-refractivity contribution in [3.8, 4) is 23.3 Å². The van der Waals surface area contributed by atoms with Crippen molar-refractivity contribution in [2.75, 3.05) is 13.7 Å². The highest BCUT2D eigenvalue weighted by Crippen LogP contribution is 2.28. The largest absolute Gasteiger partial charge is 0.493 e. The van der Waals surface area contributed by atoms with Gasteiger partial charge in [-0.3, -0.25) is 0 Å². The highest BCUT2D eigenvalue weighted by Gasteiger charge is 2.12. The van der Waals surface area contributed by atoms with Gasteiger partial charge in [-0.15, -0.1) is 0 Å². The average Bonchev–Trinajstić information content (AvgIpc) is 2.56. The summed E-state index contributed by atoms with van der Waals surface area (Å²) >= 11 is 0. The van der Waals surface area contributed by atoms with Gasteiger partial charge in [-0.2, -0.15) is 5.26 Å². The summed E-state index contributed by atoms with van der Waals surface area (Å²) in [6, 6.07) is 12.2. The Morgan fingerprint density at radius 3 is 2.52 bits per heavy atom. The lowest BCUT2D eigenvalue weighted by Crippen LogP contribution is -2.18. The molecule has 0 fully saturated rings. The van der Waals surface area contributed by atoms with Gasteiger partial charge >= 0.3 is 5.97 Å². The smallest absolute Gasteiger partial charge is 0.349 e. The molecule has 0 radical (unpaired) electrons. The number of hydrogen-bond acceptors (Lipinski definition) is 5. The van der Waals surface area contributed by atoms with Gasteiger partial charge in [0.1, 0.15) is 5.75 Å². The molecule has 0 atom stereocenters. The zero-order valence-corrected chi connectivity index (χ0v) is 13.3. The third kappa shape index (κ3) is 4.24. The predicted octanol–water partition coefficient (Wildman–Crippen LogP) is 3.17. The fourth-order valence-electron chi connectivity index (χ4n) is 1.92. The van der Waals surface area contributed by atoms with Crippen LogP contribution in [0.1, 0.15) is 16.7 Å². The first kappa shape index (κ1) is 16.4. The Bertz CT molecular complexity index is 762. The van der Waals surface area contributed by atoms with Gasteiger partial charge in [0.15, 0.2) is 18.1 Å². The third-order valence-corrected chi connectivity index (χ3v) is 3.35. The predicted molar refractivity (Wildman–Crippen MR) is 84.8 cm³/mol. The van der Waals surface area contributed by atoms with Crippen molar-refractivity contribution in [3.63, 3.8) is 0 Å². The molecule has 2 aromatic rings. The summed E-state index contributed by atoms with van der Waals surface area (Å²) in [5.41, 5.74) is 2.67. The van der Waals surface area contributed by atoms with E-state index in [-0.39, 0.29) is 12.4 Å². The number of esters is 1. The van der Waals surface area contributed by atoms with Crippen molar-refractivity contribution in [1.82, 2.24) is 0 Å². The maximum absolute atomic E-state index is 11.9. The summed E-state index contributed by atoms with van der Waals surface area (Å²) in [5.74, 6) is 0.631. The summed E-state index contributed by atoms with van der Waals surface area (Å²) < 4.78 is 15.8. The summed E-state index contributed by atoms with van der Waals surface area (Å²) in [6.07, 6.45) is 0. The first-order valence-corrected chi connectivity index (χ1v) is 7.02. The average molecular weight is 311 g/mol. The number of hydrogen-bond donors (Lipinski definition) is 0. The molecule has 5 heteroatoms. The van der Waals surface area contributed by atoms with Crippen LogP contribution in [0.5, 0.6) is 17.2 Å². The molecule has 0 bridgehead atoms. The minimum atomic E-state index is -0.550. The van der Waals surface area contributed by atoms with Crippen LogP contribution in [0.15, 0.2) is 36.4 Å². The molecule has 0 amide bonds. The van der Waals surface area contributed by atoms with E-state index in [1.54, 1.807) is 12.1 Å². The maximum atomic E-state index is 11.9. The molecule has 0 N–H and O–H groups in total. The molecule has 5 nitrogen and oxygen atoms in total. The summed E-state index contributed by atoms with van der Waals surface area (Å²) in [6.45, 7) is 3.76. The van der Waals surface area contributed by atoms with Gasteiger partial charge < -0.3 is 14.2 Å². The number of carbonyl (C=O) groups is 1. The highest BCUT2D eigenvalue weighted by molar-refractivity contribution is 5.75. The van der Waals surface area contributed by atoms with Gasteiger partial charge in [0.2, 0.25) is 0 Å². The van der Waals surface area contributed by atoms with Gasteiger partial charge in [-0.1, -0.05) is 6.07 Å². The van der Waals surface area contributed by atoms with E-state index in [4.69, 9.17) is 19.5 Å². The molecular formula is C18H17NO4. The zero-order chi connectivity index (χ0) is 16.8. The fourth-order valence-corrected chi connectivity index (χ4v) is 1.92. The SMILES string of the molecule is COc1cc(C#N)ccc1OC(=O)COc1ccc(C)c(C)c1. The van der Waals surface area contributed by atoms with Crippen molar-refractivity contribution in [2.24, 2.45) is 0 Å². The van der Waals surface area contributed by atoms with Crippen LogP contribution in [0, 0.1) is 25.2 Å². The molecule has 0 unspecified atom stereocenters. The minimum absolute atomic E-state index is 0.217. The molecule has 0 saturated heterocycles. The first-order valence-electron chi connectivity index (χ1n) is 7.02. The minimum Gasteiger partial charge on any atom is -0.493 e. The molecule has 23 heavy (non-hydrogen) atoms. The number of aryl methyl sites for hydroxylation is 2. The number of ether oxygens (including phenoxy) is 3. The number of nitriles is 1. The van der Waals surface area contributed by atoms with Crippen LogP contribution in [0.2, 0.25) is 0 Å². The van der Waals surface area contributed by atoms with Crippen LogP contribution in [0.3, 0.4) is 0 Å². The number of rotatable bonds is 5. The van der Waals surface area contributed by atoms with E-state index < -0.39 is 5.97 Å². The fraction of sp³-hybridized carbons (Fsp3) is 0.222. The van der Waals surface area contributed by atoms with E-state index >= 15 is 0 Å². The lowest BCUT2D eigenvalue weighted by Gasteiger charge is -2.10. The molecule has 2 aromatic carbocycles. The van der Waals surface area contributed by atoms with Crippen molar-refractivity contribution in [1.29, 1.82) is 5.26 Å². The molecule has 0 aliphatic rings. The monoisotopic (exact) mass is 311 g/mol. The van der Waals surface area contributed by atoms with Crippen molar-refractivity contribution in [3.05, 3.63) is 53.1 Å². The van der Waals surface area contributed by atoms with Crippen LogP contribution in [-0.4, -0.2) is 19.7 Å². The van der Waals surface area contributed by atoms with Crippen LogP contribution >= 0.6 is 0 Å². The van der Waals surface area contributed by atoms with Crippen molar-refractivity contribution < 1.29 is 19.0 Å². The van der Waals surface area contributed by atoms with E-state index in [0.29, 0.717) is 17.1 Å². The Kier molecular flexibility index (Phi) is 5.21. The van der Waals surface area contributed by atoms with Gasteiger partial charge in [0.25, 0.3) is 0 Å². The molecule has 0 aliphatic carbocycles. The Balaban J connectivity index is 1.99. The lowest BCUT2D eigenvalue weighted by atomic mass is 10.1. The summed E-state index contributed by atoms with van der Waals surface area (Å²) in [4.78, 5) is 11.9. The third-order valence-electron chi connectivity index (χ3n) is 3.35. The van der Waals surface area contributed by atoms with Crippen molar-refractivity contribution >= 4 is 5.97 Å². The maximum Gasteiger partial charge on any atom is 0.349 e. The molecule has 0 spiro atoms. The van der Waals surface area contributed by atoms with Gasteiger partial charge in [0.05, 0.1) is 18.7 Å². The van der Waals surface area contributed by atoms with E-state index in [9.17, 15) is 4.79 Å². The standard InChI is InChI=1S/C18H17NO4/c1-12-4-6-15(8-13(12)2)22-11-18(20)23-16-7-5-14(10-19)9-17(16)21-3/h4-9H,11H2,1-3H3. The van der Waals surface area contributed by atoms with E-state index in [0.717, 1.165) is 11.1 Å². The quantitative estimate of drug-likeness (QED) is 0.626. The summed E-state index contributed by atoms with van der Waals surface area (Å²) in [7, 11) is 1.44. The number of nitrogens with zero attached hydrogens (tertiary/aromatic N) is 1. The second-order valence-electron chi connectivity index (χ2n) is 4.99. The molecule has 0 aliphatic heterocycles. The topological polar surface area (TPSA) is 68.5 Å². The number of carbonyl (C=O) groups excluding carboxylic acids is 1. The highest BCUT2D eigenvalue weighted by atomic mass is 16.6. The Morgan fingerprint density at radius 1 is 1.09 bits per heavy atom. The second kappa shape index (κ2) is 7.32. The second-order valence-corrected chi connectivity index (χ2v) is 4.99. The van der Waals surface area contributed by atoms with E-state index in [1.165, 1.54) is 19.2 Å². The molecule has 118 valence electrons. The molecular weight excluding hydrogens is 294 g/mol. The van der Waals surface area contributed by atoms with Crippen LogP contribution in [-0.2, 0) is 4.79 Å². The first-order chi connectivity index (χ1) is 11.0. The zero-order valence-electron chi connectivity index (χ0n) is 13.3.